The van der Waals surface area contributed by atoms with Gasteiger partial charge in [-0.1, -0.05) is 58.3 Å². The molecule has 9 atom stereocenters. The summed E-state index contributed by atoms with van der Waals surface area (Å²) < 4.78 is 18.4. The third-order valence-electron chi connectivity index (χ3n) is 7.43. The Morgan fingerprint density at radius 1 is 0.974 bits per heavy atom. The first-order valence-corrected chi connectivity index (χ1v) is 14.2. The maximum absolute atomic E-state index is 12.3. The number of aromatic nitrogens is 2. The van der Waals surface area contributed by atoms with Gasteiger partial charge in [0.1, 0.15) is 42.7 Å². The van der Waals surface area contributed by atoms with E-state index in [9.17, 15) is 30.0 Å². The Kier molecular flexibility index (Phi) is 13.0. The molecule has 0 bridgehead atoms. The molecule has 0 amide bonds. The summed E-state index contributed by atoms with van der Waals surface area (Å²) in [4.78, 5) is 25.8. The first kappa shape index (κ1) is 31.8. The van der Waals surface area contributed by atoms with Gasteiger partial charge in [0, 0.05) is 25.4 Å². The van der Waals surface area contributed by atoms with Crippen molar-refractivity contribution in [3.63, 3.8) is 0 Å². The van der Waals surface area contributed by atoms with Gasteiger partial charge >= 0.3 is 5.69 Å². The molecule has 1 aromatic rings. The van der Waals surface area contributed by atoms with Crippen LogP contribution in [-0.2, 0) is 14.2 Å². The topological polar surface area (TPSA) is 202 Å². The van der Waals surface area contributed by atoms with E-state index in [0.29, 0.717) is 6.54 Å². The quantitative estimate of drug-likeness (QED) is 0.116. The smallest absolute Gasteiger partial charge is 0.330 e. The highest BCUT2D eigenvalue weighted by atomic mass is 16.7. The summed E-state index contributed by atoms with van der Waals surface area (Å²) in [5.74, 6) is 0. The zero-order valence-electron chi connectivity index (χ0n) is 22.7. The van der Waals surface area contributed by atoms with E-state index in [1.807, 2.05) is 0 Å². The number of nitrogens with one attached hydrogen (secondary N) is 2. The van der Waals surface area contributed by atoms with Gasteiger partial charge in [0.15, 0.2) is 12.5 Å². The molecule has 1 unspecified atom stereocenters. The summed E-state index contributed by atoms with van der Waals surface area (Å²) in [6.07, 6.45) is 0.921. The van der Waals surface area contributed by atoms with Gasteiger partial charge in [0.05, 0.1) is 0 Å². The van der Waals surface area contributed by atoms with E-state index in [4.69, 9.17) is 19.9 Å². The zero-order valence-corrected chi connectivity index (χ0v) is 22.7. The van der Waals surface area contributed by atoms with Gasteiger partial charge in [-0.3, -0.25) is 14.3 Å². The van der Waals surface area contributed by atoms with Crippen LogP contribution in [0.1, 0.15) is 70.9 Å². The van der Waals surface area contributed by atoms with Crippen LogP contribution in [0.4, 0.5) is 0 Å². The van der Waals surface area contributed by atoms with Crippen LogP contribution in [0.5, 0.6) is 0 Å². The normalized spacial score (nSPS) is 31.6. The zero-order chi connectivity index (χ0) is 28.4. The fourth-order valence-corrected chi connectivity index (χ4v) is 5.09. The van der Waals surface area contributed by atoms with Crippen molar-refractivity contribution < 1.29 is 34.6 Å². The molecule has 0 saturated carbocycles. The fraction of sp³-hybridized carbons (Fsp3) is 0.846. The molecule has 1 aromatic heterocycles. The first-order chi connectivity index (χ1) is 18.8. The minimum Gasteiger partial charge on any atom is -0.387 e. The van der Waals surface area contributed by atoms with Crippen LogP contribution in [0.3, 0.4) is 0 Å². The number of aliphatic hydroxyl groups is 4. The Balaban J connectivity index is 1.59. The Hall–Kier alpha value is -1.68. The number of nitrogens with two attached hydrogens (primary N) is 1. The van der Waals surface area contributed by atoms with Crippen molar-refractivity contribution in [1.82, 2.24) is 14.9 Å². The lowest BCUT2D eigenvalue weighted by Gasteiger charge is -2.29. The molecule has 3 heterocycles. The molecular formula is C26H46N4O9. The number of rotatable bonds is 17. The lowest BCUT2D eigenvalue weighted by Crippen LogP contribution is -2.48. The molecule has 2 saturated heterocycles. The number of H-pyrrole nitrogens is 1. The van der Waals surface area contributed by atoms with E-state index in [1.54, 1.807) is 0 Å². The van der Waals surface area contributed by atoms with E-state index in [-0.39, 0.29) is 13.1 Å². The molecule has 2 aliphatic rings. The van der Waals surface area contributed by atoms with E-state index in [0.717, 1.165) is 29.9 Å². The van der Waals surface area contributed by atoms with Crippen LogP contribution >= 0.6 is 0 Å². The Bertz CT molecular complexity index is 960. The fourth-order valence-electron chi connectivity index (χ4n) is 5.09. The summed E-state index contributed by atoms with van der Waals surface area (Å²) >= 11 is 0. The van der Waals surface area contributed by atoms with Crippen LogP contribution in [0.2, 0.25) is 0 Å². The molecule has 13 nitrogen and oxygen atoms in total. The molecule has 13 heteroatoms. The van der Waals surface area contributed by atoms with Gasteiger partial charge in [-0.2, -0.15) is 0 Å². The third-order valence-corrected chi connectivity index (χ3v) is 7.43. The highest BCUT2D eigenvalue weighted by Gasteiger charge is 2.50. The van der Waals surface area contributed by atoms with Crippen LogP contribution in [0.25, 0.3) is 0 Å². The number of aromatic amines is 1. The Morgan fingerprint density at radius 2 is 1.64 bits per heavy atom. The monoisotopic (exact) mass is 558 g/mol. The maximum Gasteiger partial charge on any atom is 0.330 e. The minimum absolute atomic E-state index is 0.0297. The average Bonchev–Trinajstić information content (AvgIpc) is 3.36. The Morgan fingerprint density at radius 3 is 2.26 bits per heavy atom. The second-order valence-corrected chi connectivity index (χ2v) is 10.5. The molecule has 3 rings (SSSR count). The van der Waals surface area contributed by atoms with Gasteiger partial charge in [-0.25, -0.2) is 4.79 Å². The summed E-state index contributed by atoms with van der Waals surface area (Å²) in [5, 5.41) is 45.4. The van der Waals surface area contributed by atoms with Gasteiger partial charge in [-0.15, -0.1) is 0 Å². The molecule has 8 N–H and O–H groups in total. The van der Waals surface area contributed by atoms with Gasteiger partial charge < -0.3 is 45.7 Å². The molecule has 224 valence electrons. The van der Waals surface area contributed by atoms with E-state index in [1.165, 1.54) is 44.7 Å². The highest BCUT2D eigenvalue weighted by Crippen LogP contribution is 2.33. The van der Waals surface area contributed by atoms with Crippen LogP contribution in [0, 0.1) is 0 Å². The van der Waals surface area contributed by atoms with Gasteiger partial charge in [-0.05, 0) is 13.0 Å². The standard InChI is InChI=1S/C26H46N4O9/c1-2-3-4-5-6-7-8-9-10-12-28-15-17(38-25-22(35)19(32)16(14-27)37-25)23-20(33)21(34)24(39-23)30-13-11-18(31)29-26(30)36/h11,13,16-17,19-25,28,32-35H,2-10,12,14-15,27H2,1H3,(H,29,31,36)/t16-,17?,19-,20+,21-,22-,23-,24-,25+/m1/s1. The Labute approximate surface area is 228 Å². The molecule has 2 aliphatic heterocycles. The van der Waals surface area contributed by atoms with E-state index < -0.39 is 66.5 Å². The van der Waals surface area contributed by atoms with Crippen LogP contribution in [0.15, 0.2) is 21.9 Å². The predicted molar refractivity (Wildman–Crippen MR) is 142 cm³/mol. The number of aliphatic hydroxyl groups excluding tert-OH is 4. The average molecular weight is 559 g/mol. The van der Waals surface area contributed by atoms with E-state index >= 15 is 0 Å². The molecule has 0 aliphatic carbocycles. The van der Waals surface area contributed by atoms with Crippen molar-refractivity contribution in [2.24, 2.45) is 5.73 Å². The SMILES string of the molecule is CCCCCCCCCCCNCC(O[C@@H]1O[C@H](CN)[C@@H](O)[C@H]1O)[C@H]1O[C@@H](n2ccc(=O)[nH]c2=O)[C@H](O)[C@@H]1O. The summed E-state index contributed by atoms with van der Waals surface area (Å²) in [7, 11) is 0. The lowest BCUT2D eigenvalue weighted by atomic mass is 10.0. The molecule has 0 radical (unpaired) electrons. The number of hydrogen-bond donors (Lipinski definition) is 7. The molecule has 2 fully saturated rings. The van der Waals surface area contributed by atoms with Crippen LogP contribution in [-0.4, -0.2) is 98.6 Å². The highest BCUT2D eigenvalue weighted by molar-refractivity contribution is 4.97. The summed E-state index contributed by atoms with van der Waals surface area (Å²) in [6.45, 7) is 3.03. The first-order valence-electron chi connectivity index (χ1n) is 14.2. The molecule has 39 heavy (non-hydrogen) atoms. The van der Waals surface area contributed by atoms with Crippen molar-refractivity contribution in [3.05, 3.63) is 33.1 Å². The van der Waals surface area contributed by atoms with Crippen molar-refractivity contribution in [2.75, 3.05) is 19.6 Å². The summed E-state index contributed by atoms with van der Waals surface area (Å²) in [5.41, 5.74) is 4.20. The number of ether oxygens (including phenoxy) is 3. The predicted octanol–water partition coefficient (Wildman–Crippen LogP) is -0.933. The van der Waals surface area contributed by atoms with E-state index in [2.05, 4.69) is 17.2 Å². The summed E-state index contributed by atoms with van der Waals surface area (Å²) in [6, 6.07) is 1.11. The van der Waals surface area contributed by atoms with Crippen LogP contribution < -0.4 is 22.3 Å². The van der Waals surface area contributed by atoms with Crippen molar-refractivity contribution in [1.29, 1.82) is 0 Å². The second-order valence-electron chi connectivity index (χ2n) is 10.5. The number of hydrogen-bond acceptors (Lipinski definition) is 11. The molecule has 0 aromatic carbocycles. The number of nitrogens with zero attached hydrogens (tertiary/aromatic N) is 1. The largest absolute Gasteiger partial charge is 0.387 e. The van der Waals surface area contributed by atoms with Crippen molar-refractivity contribution >= 4 is 0 Å². The van der Waals surface area contributed by atoms with Gasteiger partial charge in [0.2, 0.25) is 0 Å². The van der Waals surface area contributed by atoms with Crippen molar-refractivity contribution in [2.45, 2.75) is 120 Å². The molecule has 0 spiro atoms. The maximum atomic E-state index is 12.3. The second kappa shape index (κ2) is 15.9. The van der Waals surface area contributed by atoms with Gasteiger partial charge in [0.25, 0.3) is 5.56 Å². The van der Waals surface area contributed by atoms with Crippen molar-refractivity contribution in [3.8, 4) is 0 Å². The number of unbranched alkanes of at least 4 members (excludes halogenated alkanes) is 8. The third kappa shape index (κ3) is 8.65. The minimum atomic E-state index is -1.50. The lowest BCUT2D eigenvalue weighted by molar-refractivity contribution is -0.219. The molecular weight excluding hydrogens is 512 g/mol.